The number of hydrogen-bond donors (Lipinski definition) is 1. The monoisotopic (exact) mass is 245 g/mol. The Morgan fingerprint density at radius 2 is 2.11 bits per heavy atom. The minimum Gasteiger partial charge on any atom is -0.397 e. The van der Waals surface area contributed by atoms with Crippen molar-refractivity contribution in [3.8, 4) is 0 Å². The molecule has 18 heavy (non-hydrogen) atoms. The van der Waals surface area contributed by atoms with Crippen LogP contribution < -0.4 is 10.6 Å². The van der Waals surface area contributed by atoms with Gasteiger partial charge in [0.1, 0.15) is 5.82 Å². The van der Waals surface area contributed by atoms with Crippen LogP contribution in [0, 0.1) is 5.82 Å². The lowest BCUT2D eigenvalue weighted by atomic mass is 10.2. The molecule has 1 aromatic heterocycles. The molecule has 2 aromatic rings. The van der Waals surface area contributed by atoms with Crippen LogP contribution in [-0.4, -0.2) is 18.6 Å². The highest BCUT2D eigenvalue weighted by Gasteiger charge is 2.06. The van der Waals surface area contributed by atoms with Gasteiger partial charge < -0.3 is 10.6 Å². The minimum atomic E-state index is -0.311. The van der Waals surface area contributed by atoms with E-state index in [1.807, 2.05) is 30.1 Å². The Kier molecular flexibility index (Phi) is 3.77. The van der Waals surface area contributed by atoms with Crippen molar-refractivity contribution in [3.63, 3.8) is 0 Å². The number of hydrogen-bond acceptors (Lipinski definition) is 3. The summed E-state index contributed by atoms with van der Waals surface area (Å²) in [5.74, 6) is -0.311. The maximum absolute atomic E-state index is 13.0. The van der Waals surface area contributed by atoms with E-state index < -0.39 is 0 Å². The average molecular weight is 245 g/mol. The first-order valence-electron chi connectivity index (χ1n) is 5.83. The standard InChI is InChI=1S/C14H16FN3/c1-18(9-7-12-4-2-3-8-17-12)14-6-5-11(15)10-13(14)16/h2-6,8,10H,7,9,16H2,1H3. The molecule has 4 heteroatoms. The summed E-state index contributed by atoms with van der Waals surface area (Å²) in [5, 5.41) is 0. The second-order valence-electron chi connectivity index (χ2n) is 4.20. The normalized spacial score (nSPS) is 10.3. The van der Waals surface area contributed by atoms with Crippen molar-refractivity contribution in [3.05, 3.63) is 54.1 Å². The highest BCUT2D eigenvalue weighted by molar-refractivity contribution is 5.67. The second-order valence-corrected chi connectivity index (χ2v) is 4.20. The highest BCUT2D eigenvalue weighted by atomic mass is 19.1. The van der Waals surface area contributed by atoms with E-state index in [4.69, 9.17) is 5.73 Å². The van der Waals surface area contributed by atoms with Crippen LogP contribution in [0.5, 0.6) is 0 Å². The molecule has 0 bridgehead atoms. The van der Waals surface area contributed by atoms with Crippen LogP contribution in [0.3, 0.4) is 0 Å². The molecular formula is C14H16FN3. The topological polar surface area (TPSA) is 42.2 Å². The Balaban J connectivity index is 2.01. The molecule has 0 aliphatic carbocycles. The number of anilines is 2. The second kappa shape index (κ2) is 5.49. The lowest BCUT2D eigenvalue weighted by Crippen LogP contribution is -2.21. The predicted octanol–water partition coefficient (Wildman–Crippen LogP) is 2.48. The number of halogens is 1. The number of likely N-dealkylation sites (N-methyl/N-ethyl adjacent to an activating group) is 1. The Morgan fingerprint density at radius 1 is 1.28 bits per heavy atom. The Morgan fingerprint density at radius 3 is 2.78 bits per heavy atom. The highest BCUT2D eigenvalue weighted by Crippen LogP contribution is 2.22. The summed E-state index contributed by atoms with van der Waals surface area (Å²) in [4.78, 5) is 6.27. The number of nitrogen functional groups attached to an aromatic ring is 1. The summed E-state index contributed by atoms with van der Waals surface area (Å²) in [5.41, 5.74) is 8.12. The molecule has 2 rings (SSSR count). The van der Waals surface area contributed by atoms with Gasteiger partial charge in [0.25, 0.3) is 0 Å². The van der Waals surface area contributed by atoms with Crippen molar-refractivity contribution in [2.24, 2.45) is 0 Å². The molecule has 0 saturated heterocycles. The van der Waals surface area contributed by atoms with Gasteiger partial charge in [-0.15, -0.1) is 0 Å². The molecule has 0 unspecified atom stereocenters. The smallest absolute Gasteiger partial charge is 0.125 e. The van der Waals surface area contributed by atoms with E-state index in [-0.39, 0.29) is 5.82 Å². The van der Waals surface area contributed by atoms with Gasteiger partial charge in [0.2, 0.25) is 0 Å². The molecule has 0 atom stereocenters. The number of rotatable bonds is 4. The largest absolute Gasteiger partial charge is 0.397 e. The molecule has 94 valence electrons. The average Bonchev–Trinajstić information content (AvgIpc) is 2.37. The molecule has 0 amide bonds. The lowest BCUT2D eigenvalue weighted by molar-refractivity contribution is 0.628. The van der Waals surface area contributed by atoms with Crippen LogP contribution in [0.25, 0.3) is 0 Å². The van der Waals surface area contributed by atoms with E-state index >= 15 is 0 Å². The van der Waals surface area contributed by atoms with Crippen LogP contribution in [-0.2, 0) is 6.42 Å². The Bertz CT molecular complexity index is 514. The number of benzene rings is 1. The molecule has 0 aliphatic rings. The first kappa shape index (κ1) is 12.4. The Labute approximate surface area is 106 Å². The van der Waals surface area contributed by atoms with Crippen LogP contribution in [0.1, 0.15) is 5.69 Å². The molecule has 0 saturated carbocycles. The molecule has 0 aliphatic heterocycles. The fourth-order valence-electron chi connectivity index (χ4n) is 1.82. The van der Waals surface area contributed by atoms with Gasteiger partial charge in [0.15, 0.2) is 0 Å². The zero-order valence-electron chi connectivity index (χ0n) is 10.3. The van der Waals surface area contributed by atoms with Crippen molar-refractivity contribution in [2.45, 2.75) is 6.42 Å². The Hall–Kier alpha value is -2.10. The van der Waals surface area contributed by atoms with Crippen molar-refractivity contribution in [2.75, 3.05) is 24.2 Å². The SMILES string of the molecule is CN(CCc1ccccn1)c1ccc(F)cc1N. The third kappa shape index (κ3) is 2.97. The van der Waals surface area contributed by atoms with E-state index in [0.717, 1.165) is 24.3 Å². The van der Waals surface area contributed by atoms with Gasteiger partial charge in [-0.3, -0.25) is 4.98 Å². The quantitative estimate of drug-likeness (QED) is 0.841. The van der Waals surface area contributed by atoms with Gasteiger partial charge in [-0.2, -0.15) is 0 Å². The maximum atomic E-state index is 13.0. The first-order valence-corrected chi connectivity index (χ1v) is 5.83. The number of pyridine rings is 1. The van der Waals surface area contributed by atoms with E-state index in [1.54, 1.807) is 12.3 Å². The van der Waals surface area contributed by atoms with Crippen LogP contribution in [0.2, 0.25) is 0 Å². The summed E-state index contributed by atoms with van der Waals surface area (Å²) in [6, 6.07) is 10.3. The molecule has 3 nitrogen and oxygen atoms in total. The van der Waals surface area contributed by atoms with E-state index in [2.05, 4.69) is 4.98 Å². The molecule has 0 fully saturated rings. The third-order valence-corrected chi connectivity index (χ3v) is 2.83. The van der Waals surface area contributed by atoms with Crippen molar-refractivity contribution >= 4 is 11.4 Å². The van der Waals surface area contributed by atoms with Gasteiger partial charge in [-0.25, -0.2) is 4.39 Å². The van der Waals surface area contributed by atoms with E-state index in [0.29, 0.717) is 5.69 Å². The van der Waals surface area contributed by atoms with Gasteiger partial charge >= 0.3 is 0 Å². The molecule has 1 aromatic carbocycles. The van der Waals surface area contributed by atoms with Gasteiger partial charge in [0, 0.05) is 31.9 Å². The van der Waals surface area contributed by atoms with Crippen molar-refractivity contribution < 1.29 is 4.39 Å². The van der Waals surface area contributed by atoms with Gasteiger partial charge in [0.05, 0.1) is 11.4 Å². The molecular weight excluding hydrogens is 229 g/mol. The molecule has 0 radical (unpaired) electrons. The molecule has 2 N–H and O–H groups in total. The van der Waals surface area contributed by atoms with Crippen molar-refractivity contribution in [1.82, 2.24) is 4.98 Å². The molecule has 0 spiro atoms. The van der Waals surface area contributed by atoms with E-state index in [1.165, 1.54) is 12.1 Å². The summed E-state index contributed by atoms with van der Waals surface area (Å²) in [7, 11) is 1.94. The summed E-state index contributed by atoms with van der Waals surface area (Å²) >= 11 is 0. The fourth-order valence-corrected chi connectivity index (χ4v) is 1.82. The zero-order chi connectivity index (χ0) is 13.0. The van der Waals surface area contributed by atoms with Gasteiger partial charge in [-0.05, 0) is 30.3 Å². The first-order chi connectivity index (χ1) is 8.66. The van der Waals surface area contributed by atoms with Crippen molar-refractivity contribution in [1.29, 1.82) is 0 Å². The maximum Gasteiger partial charge on any atom is 0.125 e. The predicted molar refractivity (Wildman–Crippen MR) is 72.0 cm³/mol. The third-order valence-electron chi connectivity index (χ3n) is 2.83. The fraction of sp³-hybridized carbons (Fsp3) is 0.214. The number of nitrogens with zero attached hydrogens (tertiary/aromatic N) is 2. The zero-order valence-corrected chi connectivity index (χ0v) is 10.3. The lowest BCUT2D eigenvalue weighted by Gasteiger charge is -2.20. The number of nitrogens with two attached hydrogens (primary N) is 1. The van der Waals surface area contributed by atoms with Gasteiger partial charge in [-0.1, -0.05) is 6.07 Å². The van der Waals surface area contributed by atoms with Crippen LogP contribution in [0.4, 0.5) is 15.8 Å². The minimum absolute atomic E-state index is 0.311. The van der Waals surface area contributed by atoms with E-state index in [9.17, 15) is 4.39 Å². The number of aromatic nitrogens is 1. The van der Waals surface area contributed by atoms with Crippen LogP contribution >= 0.6 is 0 Å². The molecule has 1 heterocycles. The summed E-state index contributed by atoms with van der Waals surface area (Å²) < 4.78 is 13.0. The summed E-state index contributed by atoms with van der Waals surface area (Å²) in [6.45, 7) is 0.785. The van der Waals surface area contributed by atoms with Crippen LogP contribution in [0.15, 0.2) is 42.6 Å². The summed E-state index contributed by atoms with van der Waals surface area (Å²) in [6.07, 6.45) is 2.61.